The molecule has 0 aliphatic rings. The topological polar surface area (TPSA) is 85.3 Å². The molecule has 0 saturated carbocycles. The van der Waals surface area contributed by atoms with Gasteiger partial charge in [-0.05, 0) is 0 Å². The van der Waals surface area contributed by atoms with E-state index >= 15 is 0 Å². The summed E-state index contributed by atoms with van der Waals surface area (Å²) in [7, 11) is 0. The number of Topliss-reactive ketones (excluding diaryl/α,β-unsaturated/α-hetero) is 5. The normalized spacial score (nSPS) is 10.9. The molecule has 36 heavy (non-hydrogen) atoms. The molecule has 0 radical (unpaired) electrons. The Hall–Kier alpha value is -4.77. The Morgan fingerprint density at radius 2 is 0.694 bits per heavy atom. The van der Waals surface area contributed by atoms with Crippen molar-refractivity contribution < 1.29 is 24.0 Å². The Morgan fingerprint density at radius 1 is 0.417 bits per heavy atom. The van der Waals surface area contributed by atoms with Gasteiger partial charge in [0.15, 0.2) is 28.9 Å². The van der Waals surface area contributed by atoms with Crippen LogP contribution in [0.3, 0.4) is 0 Å². The summed E-state index contributed by atoms with van der Waals surface area (Å²) in [6.07, 6.45) is -0.792. The summed E-state index contributed by atoms with van der Waals surface area (Å²) in [6, 6.07) is 31.3. The molecule has 0 amide bonds. The van der Waals surface area contributed by atoms with E-state index in [1.807, 2.05) is 0 Å². The van der Waals surface area contributed by atoms with Gasteiger partial charge in [0.05, 0.1) is 6.42 Å². The maximum absolute atomic E-state index is 14.1. The van der Waals surface area contributed by atoms with Crippen molar-refractivity contribution in [1.29, 1.82) is 0 Å². The van der Waals surface area contributed by atoms with E-state index in [1.54, 1.807) is 72.8 Å². The molecule has 5 heteroatoms. The first-order chi connectivity index (χ1) is 17.5. The van der Waals surface area contributed by atoms with E-state index in [9.17, 15) is 24.0 Å². The second-order valence-corrected chi connectivity index (χ2v) is 8.22. The molecule has 4 aromatic carbocycles. The van der Waals surface area contributed by atoms with Crippen LogP contribution in [0.4, 0.5) is 0 Å². The molecule has 176 valence electrons. The molecule has 0 heterocycles. The summed E-state index contributed by atoms with van der Waals surface area (Å²) in [4.78, 5) is 69.3. The van der Waals surface area contributed by atoms with Gasteiger partial charge in [-0.2, -0.15) is 0 Å². The van der Waals surface area contributed by atoms with Crippen molar-refractivity contribution in [3.63, 3.8) is 0 Å². The third-order valence-corrected chi connectivity index (χ3v) is 5.96. The van der Waals surface area contributed by atoms with Gasteiger partial charge in [-0.1, -0.05) is 121 Å². The molecule has 0 unspecified atom stereocenters. The monoisotopic (exact) mass is 474 g/mol. The van der Waals surface area contributed by atoms with Crippen LogP contribution in [0.5, 0.6) is 0 Å². The van der Waals surface area contributed by atoms with Crippen molar-refractivity contribution >= 4 is 28.9 Å². The van der Waals surface area contributed by atoms with E-state index in [2.05, 4.69) is 0 Å². The molecule has 0 fully saturated rings. The molecular weight excluding hydrogens is 452 g/mol. The van der Waals surface area contributed by atoms with Gasteiger partial charge >= 0.3 is 0 Å². The van der Waals surface area contributed by atoms with Gasteiger partial charge in [0, 0.05) is 22.3 Å². The lowest BCUT2D eigenvalue weighted by molar-refractivity contribution is -0.121. The van der Waals surface area contributed by atoms with Crippen LogP contribution in [0.25, 0.3) is 0 Å². The molecule has 0 atom stereocenters. The van der Waals surface area contributed by atoms with Crippen LogP contribution in [-0.4, -0.2) is 28.9 Å². The standard InChI is InChI=1S/C31H22O5/c32-26(22-13-5-1-6-14-22)21-27(33)31(28(34)23-15-7-2-8-16-23,29(35)24-17-9-3-10-18-24)30(36)25-19-11-4-12-20-25/h1-20H,21H2. The minimum Gasteiger partial charge on any atom is -0.297 e. The highest BCUT2D eigenvalue weighted by Crippen LogP contribution is 2.35. The van der Waals surface area contributed by atoms with E-state index in [0.717, 1.165) is 0 Å². The number of carbonyl (C=O) groups excluding carboxylic acids is 5. The van der Waals surface area contributed by atoms with Crippen molar-refractivity contribution in [2.45, 2.75) is 6.42 Å². The Bertz CT molecular complexity index is 1280. The van der Waals surface area contributed by atoms with E-state index in [4.69, 9.17) is 0 Å². The number of rotatable bonds is 10. The van der Waals surface area contributed by atoms with Crippen LogP contribution in [0.15, 0.2) is 121 Å². The molecule has 0 N–H and O–H groups in total. The third-order valence-electron chi connectivity index (χ3n) is 5.96. The minimum atomic E-state index is -2.77. The van der Waals surface area contributed by atoms with Crippen LogP contribution in [0, 0.1) is 5.41 Å². The lowest BCUT2D eigenvalue weighted by atomic mass is 9.65. The minimum absolute atomic E-state index is 0.0200. The van der Waals surface area contributed by atoms with E-state index in [1.165, 1.54) is 48.5 Å². The van der Waals surface area contributed by atoms with E-state index in [0.29, 0.717) is 0 Å². The van der Waals surface area contributed by atoms with Crippen molar-refractivity contribution in [3.8, 4) is 0 Å². The lowest BCUT2D eigenvalue weighted by Crippen LogP contribution is -2.53. The molecule has 0 spiro atoms. The first-order valence-corrected chi connectivity index (χ1v) is 11.4. The number of ketones is 5. The first-order valence-electron chi connectivity index (χ1n) is 11.4. The predicted octanol–water partition coefficient (Wildman–Crippen LogP) is 5.46. The second-order valence-electron chi connectivity index (χ2n) is 8.22. The number of hydrogen-bond donors (Lipinski definition) is 0. The molecule has 4 aromatic rings. The van der Waals surface area contributed by atoms with Gasteiger partial charge < -0.3 is 0 Å². The molecule has 5 nitrogen and oxygen atoms in total. The molecule has 0 aliphatic heterocycles. The number of hydrogen-bond acceptors (Lipinski definition) is 5. The average Bonchev–Trinajstić information content (AvgIpc) is 2.95. The van der Waals surface area contributed by atoms with Crippen LogP contribution in [0.1, 0.15) is 47.9 Å². The molecule has 4 rings (SSSR count). The Labute approximate surface area is 208 Å². The van der Waals surface area contributed by atoms with Crippen LogP contribution in [0.2, 0.25) is 0 Å². The van der Waals surface area contributed by atoms with Crippen LogP contribution < -0.4 is 0 Å². The summed E-state index contributed by atoms with van der Waals surface area (Å²) < 4.78 is 0. The highest BCUT2D eigenvalue weighted by atomic mass is 16.2. The van der Waals surface area contributed by atoms with Crippen molar-refractivity contribution in [2.24, 2.45) is 5.41 Å². The zero-order valence-corrected chi connectivity index (χ0v) is 19.3. The molecule has 0 aliphatic carbocycles. The summed E-state index contributed by atoms with van der Waals surface area (Å²) >= 11 is 0. The molecule has 0 bridgehead atoms. The lowest BCUT2D eigenvalue weighted by Gasteiger charge is -2.28. The summed E-state index contributed by atoms with van der Waals surface area (Å²) in [6.45, 7) is 0. The van der Waals surface area contributed by atoms with Gasteiger partial charge in [0.25, 0.3) is 0 Å². The Morgan fingerprint density at radius 3 is 1.00 bits per heavy atom. The van der Waals surface area contributed by atoms with Gasteiger partial charge in [0.1, 0.15) is 0 Å². The van der Waals surface area contributed by atoms with E-state index < -0.39 is 40.8 Å². The number of carbonyl (C=O) groups is 5. The molecule has 0 saturated heterocycles. The maximum Gasteiger partial charge on any atom is 0.217 e. The third kappa shape index (κ3) is 4.59. The SMILES string of the molecule is O=C(CC(=O)C(C(=O)c1ccccc1)(C(=O)c1ccccc1)C(=O)c1ccccc1)c1ccccc1. The number of benzene rings is 4. The fourth-order valence-corrected chi connectivity index (χ4v) is 4.11. The van der Waals surface area contributed by atoms with Gasteiger partial charge in [-0.15, -0.1) is 0 Å². The van der Waals surface area contributed by atoms with Gasteiger partial charge in [-0.25, -0.2) is 0 Å². The first kappa shape index (κ1) is 24.4. The smallest absolute Gasteiger partial charge is 0.217 e. The summed E-state index contributed by atoms with van der Waals surface area (Å²) in [5.41, 5.74) is -2.47. The largest absolute Gasteiger partial charge is 0.297 e. The van der Waals surface area contributed by atoms with E-state index in [-0.39, 0.29) is 22.3 Å². The highest BCUT2D eigenvalue weighted by Gasteiger charge is 2.58. The fraction of sp³-hybridized carbons (Fsp3) is 0.0645. The highest BCUT2D eigenvalue weighted by molar-refractivity contribution is 6.47. The zero-order valence-electron chi connectivity index (χ0n) is 19.3. The molecular formula is C31H22O5. The average molecular weight is 475 g/mol. The predicted molar refractivity (Wildman–Crippen MR) is 135 cm³/mol. The van der Waals surface area contributed by atoms with Crippen molar-refractivity contribution in [2.75, 3.05) is 0 Å². The van der Waals surface area contributed by atoms with Gasteiger partial charge in [-0.3, -0.25) is 24.0 Å². The Kier molecular flexibility index (Phi) is 7.21. The van der Waals surface area contributed by atoms with Gasteiger partial charge in [0.2, 0.25) is 5.41 Å². The zero-order chi connectivity index (χ0) is 25.5. The molecule has 0 aromatic heterocycles. The Balaban J connectivity index is 1.94. The second kappa shape index (κ2) is 10.7. The quantitative estimate of drug-likeness (QED) is 0.225. The van der Waals surface area contributed by atoms with Crippen molar-refractivity contribution in [3.05, 3.63) is 144 Å². The van der Waals surface area contributed by atoms with Crippen molar-refractivity contribution in [1.82, 2.24) is 0 Å². The summed E-state index contributed by atoms with van der Waals surface area (Å²) in [5.74, 6) is -4.54. The van der Waals surface area contributed by atoms with Crippen LogP contribution >= 0.6 is 0 Å². The summed E-state index contributed by atoms with van der Waals surface area (Å²) in [5, 5.41) is 0. The fourth-order valence-electron chi connectivity index (χ4n) is 4.11. The van der Waals surface area contributed by atoms with Crippen LogP contribution in [-0.2, 0) is 4.79 Å². The maximum atomic E-state index is 14.1.